The van der Waals surface area contributed by atoms with Gasteiger partial charge in [-0.1, -0.05) is 32.4 Å². The first kappa shape index (κ1) is 19.9. The van der Waals surface area contributed by atoms with E-state index in [1.165, 1.54) is 12.1 Å². The molecule has 0 saturated heterocycles. The Bertz CT molecular complexity index is 532. The van der Waals surface area contributed by atoms with E-state index in [-0.39, 0.29) is 30.2 Å². The van der Waals surface area contributed by atoms with Crippen LogP contribution in [-0.2, 0) is 10.2 Å². The van der Waals surface area contributed by atoms with E-state index in [1.54, 1.807) is 11.0 Å². The molecule has 0 bridgehead atoms. The van der Waals surface area contributed by atoms with E-state index in [9.17, 15) is 9.18 Å². The Morgan fingerprint density at radius 1 is 1.39 bits per heavy atom. The molecule has 0 radical (unpaired) electrons. The molecule has 0 aliphatic heterocycles. The van der Waals surface area contributed by atoms with Gasteiger partial charge in [-0.15, -0.1) is 12.4 Å². The number of hydrogen-bond donors (Lipinski definition) is 1. The Balaban J connectivity index is 0.00000264. The summed E-state index contributed by atoms with van der Waals surface area (Å²) in [5, 5.41) is 0. The van der Waals surface area contributed by atoms with E-state index < -0.39 is 5.41 Å². The van der Waals surface area contributed by atoms with Crippen molar-refractivity contribution in [2.24, 2.45) is 11.7 Å². The number of hydrogen-bond acceptors (Lipinski definition) is 2. The molecule has 130 valence electrons. The fourth-order valence-corrected chi connectivity index (χ4v) is 3.09. The molecule has 5 heteroatoms. The quantitative estimate of drug-likeness (QED) is 0.860. The van der Waals surface area contributed by atoms with E-state index >= 15 is 0 Å². The zero-order valence-electron chi connectivity index (χ0n) is 14.2. The molecular formula is C18H28ClFN2O. The van der Waals surface area contributed by atoms with E-state index in [0.717, 1.165) is 31.2 Å². The van der Waals surface area contributed by atoms with Gasteiger partial charge in [0.1, 0.15) is 5.82 Å². The molecule has 1 unspecified atom stereocenters. The van der Waals surface area contributed by atoms with Crippen LogP contribution in [0.4, 0.5) is 4.39 Å². The Hall–Kier alpha value is -1.13. The number of amides is 1. The highest BCUT2D eigenvalue weighted by Gasteiger charge is 2.47. The molecule has 2 rings (SSSR count). The first-order valence-electron chi connectivity index (χ1n) is 8.14. The van der Waals surface area contributed by atoms with E-state index in [4.69, 9.17) is 5.73 Å². The predicted molar refractivity (Wildman–Crippen MR) is 94.2 cm³/mol. The minimum atomic E-state index is -0.529. The van der Waals surface area contributed by atoms with Gasteiger partial charge in [0.25, 0.3) is 0 Å². The minimum Gasteiger partial charge on any atom is -0.345 e. The van der Waals surface area contributed by atoms with Crippen LogP contribution < -0.4 is 5.73 Å². The van der Waals surface area contributed by atoms with Crippen LogP contribution in [-0.4, -0.2) is 30.4 Å². The number of carbonyl (C=O) groups is 1. The standard InChI is InChI=1S/C18H27FN2O.ClH/c1-13(2)16(20)8-11-21(3)17(22)18(9-5-10-18)14-6-4-7-15(19)12-14;/h4,6-7,12-13,16H,5,8-11,20H2,1-3H3;1H. The van der Waals surface area contributed by atoms with Gasteiger partial charge in [-0.2, -0.15) is 0 Å². The lowest BCUT2D eigenvalue weighted by Gasteiger charge is -2.43. The van der Waals surface area contributed by atoms with E-state index in [2.05, 4.69) is 13.8 Å². The summed E-state index contributed by atoms with van der Waals surface area (Å²) in [5.74, 6) is 0.228. The highest BCUT2D eigenvalue weighted by atomic mass is 35.5. The number of nitrogens with two attached hydrogens (primary N) is 1. The summed E-state index contributed by atoms with van der Waals surface area (Å²) < 4.78 is 13.5. The summed E-state index contributed by atoms with van der Waals surface area (Å²) in [6.07, 6.45) is 3.41. The summed E-state index contributed by atoms with van der Waals surface area (Å²) in [4.78, 5) is 14.7. The van der Waals surface area contributed by atoms with Gasteiger partial charge < -0.3 is 10.6 Å². The molecule has 1 saturated carbocycles. The number of rotatable bonds is 6. The SMILES string of the molecule is CC(C)C(N)CCN(C)C(=O)C1(c2cccc(F)c2)CCC1.Cl. The maximum Gasteiger partial charge on any atom is 0.232 e. The molecule has 23 heavy (non-hydrogen) atoms. The first-order chi connectivity index (χ1) is 10.4. The van der Waals surface area contributed by atoms with Crippen LogP contribution in [0.2, 0.25) is 0 Å². The molecule has 1 aliphatic rings. The largest absolute Gasteiger partial charge is 0.345 e. The van der Waals surface area contributed by atoms with Crippen molar-refractivity contribution in [1.82, 2.24) is 4.90 Å². The van der Waals surface area contributed by atoms with Gasteiger partial charge in [0.2, 0.25) is 5.91 Å². The maximum atomic E-state index is 13.5. The van der Waals surface area contributed by atoms with Gasteiger partial charge >= 0.3 is 0 Å². The molecule has 1 aromatic rings. The highest BCUT2D eigenvalue weighted by Crippen LogP contribution is 2.45. The lowest BCUT2D eigenvalue weighted by atomic mass is 9.63. The number of likely N-dealkylation sites (N-methyl/N-ethyl adjacent to an activating group) is 1. The first-order valence-corrected chi connectivity index (χ1v) is 8.14. The van der Waals surface area contributed by atoms with Gasteiger partial charge in [-0.3, -0.25) is 4.79 Å². The molecule has 1 atom stereocenters. The number of carbonyl (C=O) groups excluding carboxylic acids is 1. The van der Waals surface area contributed by atoms with Crippen molar-refractivity contribution in [2.45, 2.75) is 51.0 Å². The lowest BCUT2D eigenvalue weighted by molar-refractivity contribution is -0.139. The Kier molecular flexibility index (Phi) is 7.02. The summed E-state index contributed by atoms with van der Waals surface area (Å²) in [6.45, 7) is 4.83. The number of halogens is 2. The second-order valence-electron chi connectivity index (χ2n) is 6.87. The summed E-state index contributed by atoms with van der Waals surface area (Å²) in [5.41, 5.74) is 6.34. The second-order valence-corrected chi connectivity index (χ2v) is 6.87. The molecule has 1 fully saturated rings. The normalized spacial score (nSPS) is 17.1. The van der Waals surface area contributed by atoms with Gasteiger partial charge in [-0.25, -0.2) is 4.39 Å². The van der Waals surface area contributed by atoms with Crippen molar-refractivity contribution in [3.05, 3.63) is 35.6 Å². The van der Waals surface area contributed by atoms with E-state index in [0.29, 0.717) is 12.5 Å². The molecule has 3 nitrogen and oxygen atoms in total. The van der Waals surface area contributed by atoms with Gasteiger partial charge in [0.05, 0.1) is 5.41 Å². The fourth-order valence-electron chi connectivity index (χ4n) is 3.09. The minimum absolute atomic E-state index is 0. The Morgan fingerprint density at radius 3 is 2.52 bits per heavy atom. The van der Waals surface area contributed by atoms with Gasteiger partial charge in [-0.05, 0) is 42.9 Å². The third-order valence-corrected chi connectivity index (χ3v) is 4.99. The van der Waals surface area contributed by atoms with Crippen molar-refractivity contribution < 1.29 is 9.18 Å². The monoisotopic (exact) mass is 342 g/mol. The second kappa shape index (κ2) is 8.11. The zero-order valence-corrected chi connectivity index (χ0v) is 15.0. The molecule has 0 spiro atoms. The van der Waals surface area contributed by atoms with Crippen molar-refractivity contribution in [1.29, 1.82) is 0 Å². The average Bonchev–Trinajstić information content (AvgIpc) is 2.43. The number of nitrogens with zero attached hydrogens (tertiary/aromatic N) is 1. The molecule has 0 aromatic heterocycles. The van der Waals surface area contributed by atoms with Crippen molar-refractivity contribution >= 4 is 18.3 Å². The molecule has 2 N–H and O–H groups in total. The molecule has 1 aliphatic carbocycles. The molecule has 0 heterocycles. The van der Waals surface area contributed by atoms with E-state index in [1.807, 2.05) is 13.1 Å². The van der Waals surface area contributed by atoms with Crippen LogP contribution in [0.25, 0.3) is 0 Å². The lowest BCUT2D eigenvalue weighted by Crippen LogP contribution is -2.50. The smallest absolute Gasteiger partial charge is 0.232 e. The number of benzene rings is 1. The summed E-state index contributed by atoms with van der Waals surface area (Å²) in [6, 6.07) is 6.58. The molecular weight excluding hydrogens is 315 g/mol. The average molecular weight is 343 g/mol. The predicted octanol–water partition coefficient (Wildman–Crippen LogP) is 3.50. The Labute approximate surface area is 144 Å². The molecule has 1 aromatic carbocycles. The Morgan fingerprint density at radius 2 is 2.04 bits per heavy atom. The zero-order chi connectivity index (χ0) is 16.3. The van der Waals surface area contributed by atoms with Crippen LogP contribution in [0, 0.1) is 11.7 Å². The summed E-state index contributed by atoms with van der Waals surface area (Å²) >= 11 is 0. The maximum absolute atomic E-state index is 13.5. The van der Waals surface area contributed by atoms with Crippen LogP contribution in [0.3, 0.4) is 0 Å². The van der Waals surface area contributed by atoms with Crippen LogP contribution in [0.5, 0.6) is 0 Å². The highest BCUT2D eigenvalue weighted by molar-refractivity contribution is 5.89. The van der Waals surface area contributed by atoms with Crippen molar-refractivity contribution in [3.63, 3.8) is 0 Å². The van der Waals surface area contributed by atoms with Crippen LogP contribution in [0.15, 0.2) is 24.3 Å². The van der Waals surface area contributed by atoms with Gasteiger partial charge in [0.15, 0.2) is 0 Å². The fraction of sp³-hybridized carbons (Fsp3) is 0.611. The van der Waals surface area contributed by atoms with Gasteiger partial charge in [0, 0.05) is 19.6 Å². The topological polar surface area (TPSA) is 46.3 Å². The van der Waals surface area contributed by atoms with Crippen LogP contribution in [0.1, 0.15) is 45.1 Å². The van der Waals surface area contributed by atoms with Crippen molar-refractivity contribution in [3.8, 4) is 0 Å². The third kappa shape index (κ3) is 4.24. The third-order valence-electron chi connectivity index (χ3n) is 4.99. The summed E-state index contributed by atoms with van der Waals surface area (Å²) in [7, 11) is 1.83. The van der Waals surface area contributed by atoms with Crippen molar-refractivity contribution in [2.75, 3.05) is 13.6 Å². The molecule has 1 amide bonds. The van der Waals surface area contributed by atoms with Crippen LogP contribution >= 0.6 is 12.4 Å².